The molecule has 2 rings (SSSR count). The van der Waals surface area contributed by atoms with Crippen LogP contribution in [0, 0.1) is 11.8 Å². The molecule has 2 fully saturated rings. The molecule has 1 aliphatic carbocycles. The minimum absolute atomic E-state index is 0.445. The predicted octanol–water partition coefficient (Wildman–Crippen LogP) is 1.33. The Balaban J connectivity index is 1.76. The second-order valence-corrected chi connectivity index (χ2v) is 8.02. The zero-order valence-electron chi connectivity index (χ0n) is 12.6. The molecule has 1 atom stereocenters. The lowest BCUT2D eigenvalue weighted by Crippen LogP contribution is -2.47. The Bertz CT molecular complexity index is 378. The minimum Gasteiger partial charge on any atom is -0.319 e. The molecule has 0 aromatic heterocycles. The second-order valence-electron chi connectivity index (χ2n) is 6.26. The molecule has 1 aliphatic heterocycles. The molecule has 0 aromatic carbocycles. The molecule has 0 radical (unpaired) electrons. The first-order chi connectivity index (χ1) is 9.62. The van der Waals surface area contributed by atoms with Crippen molar-refractivity contribution in [3.63, 3.8) is 0 Å². The second kappa shape index (κ2) is 7.73. The average Bonchev–Trinajstić information content (AvgIpc) is 2.92. The Morgan fingerprint density at radius 1 is 1.10 bits per heavy atom. The number of hydrogen-bond acceptors (Lipinski definition) is 3. The normalized spacial score (nSPS) is 26.1. The molecule has 0 aromatic rings. The molecule has 0 bridgehead atoms. The van der Waals surface area contributed by atoms with Gasteiger partial charge >= 0.3 is 0 Å². The van der Waals surface area contributed by atoms with Crippen LogP contribution in [0.25, 0.3) is 0 Å². The predicted molar refractivity (Wildman–Crippen MR) is 81.7 cm³/mol. The van der Waals surface area contributed by atoms with Crippen LogP contribution in [0.1, 0.15) is 44.9 Å². The Labute approximate surface area is 123 Å². The van der Waals surface area contributed by atoms with Gasteiger partial charge in [-0.3, -0.25) is 0 Å². The van der Waals surface area contributed by atoms with E-state index in [1.807, 2.05) is 7.05 Å². The molecule has 0 spiro atoms. The van der Waals surface area contributed by atoms with Crippen molar-refractivity contribution >= 4 is 10.2 Å². The van der Waals surface area contributed by atoms with Crippen LogP contribution in [-0.2, 0) is 10.2 Å². The summed E-state index contributed by atoms with van der Waals surface area (Å²) in [5.74, 6) is 1.18. The zero-order valence-corrected chi connectivity index (χ0v) is 13.4. The van der Waals surface area contributed by atoms with E-state index in [2.05, 4.69) is 10.0 Å². The van der Waals surface area contributed by atoms with Crippen molar-refractivity contribution in [3.8, 4) is 0 Å². The van der Waals surface area contributed by atoms with E-state index in [1.165, 1.54) is 25.7 Å². The topological polar surface area (TPSA) is 61.4 Å². The molecule has 20 heavy (non-hydrogen) atoms. The van der Waals surface area contributed by atoms with Crippen molar-refractivity contribution in [2.75, 3.05) is 33.2 Å². The van der Waals surface area contributed by atoms with Gasteiger partial charge in [0.2, 0.25) is 0 Å². The lowest BCUT2D eigenvalue weighted by atomic mass is 10.00. The molecular weight excluding hydrogens is 274 g/mol. The SMILES string of the molecule is CNCC1CCCN(S(=O)(=O)NCCC2CCCC2)C1. The monoisotopic (exact) mass is 303 g/mol. The lowest BCUT2D eigenvalue weighted by Gasteiger charge is -2.31. The van der Waals surface area contributed by atoms with Crippen LogP contribution < -0.4 is 10.0 Å². The number of nitrogens with one attached hydrogen (secondary N) is 2. The van der Waals surface area contributed by atoms with Gasteiger partial charge in [0.15, 0.2) is 0 Å². The summed E-state index contributed by atoms with van der Waals surface area (Å²) < 4.78 is 29.0. The molecule has 1 saturated carbocycles. The summed E-state index contributed by atoms with van der Waals surface area (Å²) in [6, 6.07) is 0. The van der Waals surface area contributed by atoms with Crippen molar-refractivity contribution in [1.29, 1.82) is 0 Å². The quantitative estimate of drug-likeness (QED) is 0.746. The highest BCUT2D eigenvalue weighted by Crippen LogP contribution is 2.27. The van der Waals surface area contributed by atoms with Crippen molar-refractivity contribution in [2.24, 2.45) is 11.8 Å². The summed E-state index contributed by atoms with van der Waals surface area (Å²) in [6.07, 6.45) is 8.26. The van der Waals surface area contributed by atoms with Crippen LogP contribution in [0.5, 0.6) is 0 Å². The van der Waals surface area contributed by atoms with Gasteiger partial charge in [-0.1, -0.05) is 25.7 Å². The first-order valence-corrected chi connectivity index (χ1v) is 9.45. The number of piperidine rings is 1. The molecule has 118 valence electrons. The zero-order chi connectivity index (χ0) is 14.4. The maximum absolute atomic E-state index is 12.3. The summed E-state index contributed by atoms with van der Waals surface area (Å²) in [5, 5.41) is 3.15. The molecule has 5 nitrogen and oxygen atoms in total. The van der Waals surface area contributed by atoms with Crippen molar-refractivity contribution < 1.29 is 8.42 Å². The van der Waals surface area contributed by atoms with Gasteiger partial charge in [-0.15, -0.1) is 0 Å². The molecular formula is C14H29N3O2S. The molecule has 1 unspecified atom stereocenters. The lowest BCUT2D eigenvalue weighted by molar-refractivity contribution is 0.260. The summed E-state index contributed by atoms with van der Waals surface area (Å²) >= 11 is 0. The maximum atomic E-state index is 12.3. The van der Waals surface area contributed by atoms with E-state index in [-0.39, 0.29) is 0 Å². The molecule has 0 amide bonds. The first kappa shape index (κ1) is 16.2. The number of rotatable bonds is 7. The van der Waals surface area contributed by atoms with Crippen LogP contribution in [0.2, 0.25) is 0 Å². The van der Waals surface area contributed by atoms with Gasteiger partial charge in [0.05, 0.1) is 0 Å². The van der Waals surface area contributed by atoms with E-state index in [9.17, 15) is 8.42 Å². The fraction of sp³-hybridized carbons (Fsp3) is 1.00. The van der Waals surface area contributed by atoms with Crippen LogP contribution in [0.15, 0.2) is 0 Å². The van der Waals surface area contributed by atoms with Crippen molar-refractivity contribution in [3.05, 3.63) is 0 Å². The molecule has 2 aliphatic rings. The maximum Gasteiger partial charge on any atom is 0.279 e. The third-order valence-electron chi connectivity index (χ3n) is 4.63. The van der Waals surface area contributed by atoms with Gasteiger partial charge in [0.25, 0.3) is 10.2 Å². The summed E-state index contributed by atoms with van der Waals surface area (Å²) in [4.78, 5) is 0. The summed E-state index contributed by atoms with van der Waals surface area (Å²) in [6.45, 7) is 2.81. The minimum atomic E-state index is -3.27. The van der Waals surface area contributed by atoms with E-state index < -0.39 is 10.2 Å². The van der Waals surface area contributed by atoms with Gasteiger partial charge in [-0.05, 0) is 44.7 Å². The number of hydrogen-bond donors (Lipinski definition) is 2. The highest BCUT2D eigenvalue weighted by molar-refractivity contribution is 7.87. The average molecular weight is 303 g/mol. The van der Waals surface area contributed by atoms with Gasteiger partial charge in [0, 0.05) is 19.6 Å². The largest absolute Gasteiger partial charge is 0.319 e. The Hall–Kier alpha value is -0.170. The summed E-state index contributed by atoms with van der Waals surface area (Å²) in [5.41, 5.74) is 0. The number of nitrogens with zero attached hydrogens (tertiary/aromatic N) is 1. The van der Waals surface area contributed by atoms with E-state index in [1.54, 1.807) is 4.31 Å². The molecule has 1 saturated heterocycles. The Morgan fingerprint density at radius 2 is 1.80 bits per heavy atom. The fourth-order valence-electron chi connectivity index (χ4n) is 3.48. The smallest absolute Gasteiger partial charge is 0.279 e. The van der Waals surface area contributed by atoms with Crippen LogP contribution >= 0.6 is 0 Å². The third-order valence-corrected chi connectivity index (χ3v) is 6.21. The van der Waals surface area contributed by atoms with Crippen molar-refractivity contribution in [2.45, 2.75) is 44.9 Å². The van der Waals surface area contributed by atoms with E-state index in [4.69, 9.17) is 0 Å². The van der Waals surface area contributed by atoms with Gasteiger partial charge in [-0.25, -0.2) is 4.72 Å². The van der Waals surface area contributed by atoms with Crippen LogP contribution in [0.3, 0.4) is 0 Å². The Morgan fingerprint density at radius 3 is 2.50 bits per heavy atom. The molecule has 2 N–H and O–H groups in total. The van der Waals surface area contributed by atoms with Gasteiger partial charge < -0.3 is 5.32 Å². The highest BCUT2D eigenvalue weighted by Gasteiger charge is 2.28. The van der Waals surface area contributed by atoms with E-state index in [0.29, 0.717) is 25.6 Å². The van der Waals surface area contributed by atoms with Gasteiger partial charge in [0.1, 0.15) is 0 Å². The fourth-order valence-corrected chi connectivity index (χ4v) is 4.82. The van der Waals surface area contributed by atoms with Crippen molar-refractivity contribution in [1.82, 2.24) is 14.3 Å². The van der Waals surface area contributed by atoms with Gasteiger partial charge in [-0.2, -0.15) is 12.7 Å². The molecule has 1 heterocycles. The van der Waals surface area contributed by atoms with E-state index >= 15 is 0 Å². The van der Waals surface area contributed by atoms with Crippen LogP contribution in [0.4, 0.5) is 0 Å². The third kappa shape index (κ3) is 4.69. The first-order valence-electron chi connectivity index (χ1n) is 8.01. The highest BCUT2D eigenvalue weighted by atomic mass is 32.2. The summed E-state index contributed by atoms with van der Waals surface area (Å²) in [7, 11) is -1.35. The van der Waals surface area contributed by atoms with Crippen LogP contribution in [-0.4, -0.2) is 45.9 Å². The standard InChI is InChI=1S/C14H29N3O2S/c1-15-11-14-7-4-10-17(12-14)20(18,19)16-9-8-13-5-2-3-6-13/h13-16H,2-12H2,1H3. The Kier molecular flexibility index (Phi) is 6.26. The molecule has 6 heteroatoms. The van der Waals surface area contributed by atoms with E-state index in [0.717, 1.165) is 31.7 Å².